The largest absolute Gasteiger partial charge is 0.472 e. The normalized spacial score (nSPS) is 13.6. The Labute approximate surface area is 424 Å². The molecule has 0 aliphatic rings. The third-order valence-electron chi connectivity index (χ3n) is 12.1. The minimum atomic E-state index is -4.39. The van der Waals surface area contributed by atoms with E-state index < -0.39 is 32.5 Å². The smallest absolute Gasteiger partial charge is 0.462 e. The van der Waals surface area contributed by atoms with Crippen LogP contribution in [0.25, 0.3) is 0 Å². The summed E-state index contributed by atoms with van der Waals surface area (Å²) in [7, 11) is -4.39. The van der Waals surface area contributed by atoms with E-state index in [1.807, 2.05) is 0 Å². The molecule has 0 amide bonds. The van der Waals surface area contributed by atoms with Crippen molar-refractivity contribution in [3.63, 3.8) is 0 Å². The molecule has 0 bridgehead atoms. The highest BCUT2D eigenvalue weighted by atomic mass is 31.2. The number of hydrogen-bond donors (Lipinski definition) is 2. The Morgan fingerprint density at radius 1 is 0.449 bits per heavy atom. The first-order chi connectivity index (χ1) is 33.8. The fraction of sp³-hybridized carbons (Fsp3) is 0.763. The zero-order valence-electron chi connectivity index (χ0n) is 44.5. The van der Waals surface area contributed by atoms with Crippen molar-refractivity contribution in [3.8, 4) is 0 Å². The molecule has 0 aromatic heterocycles. The van der Waals surface area contributed by atoms with Crippen molar-refractivity contribution < 1.29 is 37.6 Å². The standard InChI is InChI=1S/C59H106NO8P/c1-3-5-7-9-11-13-15-17-19-20-21-22-23-24-25-26-27-28-29-30-31-32-33-34-35-36-38-40-42-44-46-48-50-52-59(62)68-57(56-67-69(63,64)66-54-53-60)55-65-58(61)51-49-47-45-43-41-39-37-18-16-14-12-10-8-6-4-2/h5,7,11-14,17-19,21-22,37,57H,3-4,6,8-10,15-16,20,23-36,38-56,60H2,1-2H3,(H,63,64)/b7-5-,13-11-,14-12-,19-17-,22-21-,37-18-. The molecule has 0 aromatic carbocycles. The number of nitrogens with two attached hydrogens (primary N) is 1. The van der Waals surface area contributed by atoms with Gasteiger partial charge in [0.15, 0.2) is 6.10 Å². The summed E-state index contributed by atoms with van der Waals surface area (Å²) in [5.74, 6) is -0.838. The number of hydrogen-bond acceptors (Lipinski definition) is 8. The van der Waals surface area contributed by atoms with Gasteiger partial charge in [0.1, 0.15) is 6.61 Å². The lowest BCUT2D eigenvalue weighted by Crippen LogP contribution is -2.29. The Morgan fingerprint density at radius 2 is 0.797 bits per heavy atom. The topological polar surface area (TPSA) is 134 Å². The number of phosphoric ester groups is 1. The van der Waals surface area contributed by atoms with Crippen molar-refractivity contribution in [1.29, 1.82) is 0 Å². The zero-order valence-corrected chi connectivity index (χ0v) is 45.4. The van der Waals surface area contributed by atoms with Crippen LogP contribution in [-0.4, -0.2) is 49.3 Å². The van der Waals surface area contributed by atoms with E-state index in [2.05, 4.69) is 86.8 Å². The zero-order chi connectivity index (χ0) is 50.2. The molecule has 0 saturated carbocycles. The van der Waals surface area contributed by atoms with Crippen molar-refractivity contribution in [2.24, 2.45) is 5.73 Å². The first-order valence-corrected chi connectivity index (χ1v) is 29.9. The van der Waals surface area contributed by atoms with Gasteiger partial charge in [-0.1, -0.05) is 234 Å². The van der Waals surface area contributed by atoms with Gasteiger partial charge in [-0.2, -0.15) is 0 Å². The number of phosphoric acid groups is 1. The van der Waals surface area contributed by atoms with E-state index in [0.717, 1.165) is 83.5 Å². The van der Waals surface area contributed by atoms with E-state index in [9.17, 15) is 19.0 Å². The fourth-order valence-electron chi connectivity index (χ4n) is 7.89. The minimum absolute atomic E-state index is 0.0504. The van der Waals surface area contributed by atoms with Crippen LogP contribution in [0.3, 0.4) is 0 Å². The van der Waals surface area contributed by atoms with Crippen LogP contribution in [0.5, 0.6) is 0 Å². The number of carbonyl (C=O) groups excluding carboxylic acids is 2. The molecule has 9 nitrogen and oxygen atoms in total. The molecule has 0 aliphatic carbocycles. The molecule has 0 fully saturated rings. The molecular weight excluding hydrogens is 882 g/mol. The van der Waals surface area contributed by atoms with Gasteiger partial charge in [0.2, 0.25) is 0 Å². The van der Waals surface area contributed by atoms with Gasteiger partial charge < -0.3 is 20.1 Å². The monoisotopic (exact) mass is 988 g/mol. The van der Waals surface area contributed by atoms with Crippen molar-refractivity contribution in [1.82, 2.24) is 0 Å². The average molecular weight is 988 g/mol. The maximum atomic E-state index is 12.7. The van der Waals surface area contributed by atoms with Crippen molar-refractivity contribution in [2.45, 2.75) is 264 Å². The summed E-state index contributed by atoms with van der Waals surface area (Å²) in [6.07, 6.45) is 69.7. The number of ether oxygens (including phenoxy) is 2. The second-order valence-corrected chi connectivity index (χ2v) is 20.2. The summed E-state index contributed by atoms with van der Waals surface area (Å²) >= 11 is 0. The summed E-state index contributed by atoms with van der Waals surface area (Å²) in [4.78, 5) is 35.1. The molecule has 2 unspecified atom stereocenters. The third kappa shape index (κ3) is 54.6. The quantitative estimate of drug-likeness (QED) is 0.0264. The van der Waals surface area contributed by atoms with Gasteiger partial charge >= 0.3 is 19.8 Å². The molecule has 10 heteroatoms. The first-order valence-electron chi connectivity index (χ1n) is 28.4. The van der Waals surface area contributed by atoms with Crippen LogP contribution in [0.1, 0.15) is 258 Å². The second-order valence-electron chi connectivity index (χ2n) is 18.8. The molecule has 0 rings (SSSR count). The maximum absolute atomic E-state index is 12.7. The Kier molecular flexibility index (Phi) is 52.8. The van der Waals surface area contributed by atoms with Crippen LogP contribution < -0.4 is 5.73 Å². The number of rotatable bonds is 53. The second kappa shape index (κ2) is 54.8. The summed E-state index contributed by atoms with van der Waals surface area (Å²) in [5.41, 5.74) is 5.37. The van der Waals surface area contributed by atoms with Crippen LogP contribution in [-0.2, 0) is 32.7 Å². The lowest BCUT2D eigenvalue weighted by Gasteiger charge is -2.19. The Balaban J connectivity index is 3.88. The van der Waals surface area contributed by atoms with Crippen LogP contribution in [0.15, 0.2) is 72.9 Å². The van der Waals surface area contributed by atoms with Gasteiger partial charge in [0.25, 0.3) is 0 Å². The molecule has 0 spiro atoms. The molecule has 0 saturated heterocycles. The van der Waals surface area contributed by atoms with Crippen molar-refractivity contribution in [3.05, 3.63) is 72.9 Å². The van der Waals surface area contributed by atoms with Gasteiger partial charge in [-0.05, 0) is 83.5 Å². The predicted octanol–water partition coefficient (Wildman–Crippen LogP) is 17.7. The lowest BCUT2D eigenvalue weighted by molar-refractivity contribution is -0.161. The van der Waals surface area contributed by atoms with Crippen LogP contribution in [0, 0.1) is 0 Å². The molecular formula is C59H106NO8P. The summed E-state index contributed by atoms with van der Waals surface area (Å²) in [6, 6.07) is 0. The van der Waals surface area contributed by atoms with E-state index in [1.165, 1.54) is 135 Å². The Bertz CT molecular complexity index is 1360. The van der Waals surface area contributed by atoms with Gasteiger partial charge in [-0.25, -0.2) is 4.57 Å². The van der Waals surface area contributed by atoms with Gasteiger partial charge in [0.05, 0.1) is 13.2 Å². The molecule has 0 heterocycles. The van der Waals surface area contributed by atoms with Gasteiger partial charge in [0, 0.05) is 19.4 Å². The van der Waals surface area contributed by atoms with Gasteiger partial charge in [-0.3, -0.25) is 18.6 Å². The van der Waals surface area contributed by atoms with E-state index in [4.69, 9.17) is 24.3 Å². The number of carbonyl (C=O) groups is 2. The third-order valence-corrected chi connectivity index (χ3v) is 13.1. The average Bonchev–Trinajstić information content (AvgIpc) is 3.34. The van der Waals surface area contributed by atoms with Crippen molar-refractivity contribution >= 4 is 19.8 Å². The molecule has 3 N–H and O–H groups in total. The highest BCUT2D eigenvalue weighted by Crippen LogP contribution is 2.43. The SMILES string of the molecule is CC/C=C\C/C=C\C/C=C\C/C=C\CCCCCCCCCCCCCCCCCCCCCCC(=O)OC(COC(=O)CCCCCCC/C=C\C/C=C\CCCCC)COP(=O)(O)OCCN. The van der Waals surface area contributed by atoms with E-state index >= 15 is 0 Å². The van der Waals surface area contributed by atoms with Crippen LogP contribution in [0.2, 0.25) is 0 Å². The number of unbranched alkanes of at least 4 members (excludes halogenated alkanes) is 28. The maximum Gasteiger partial charge on any atom is 0.472 e. The molecule has 0 radical (unpaired) electrons. The lowest BCUT2D eigenvalue weighted by atomic mass is 10.0. The van der Waals surface area contributed by atoms with Crippen LogP contribution >= 0.6 is 7.82 Å². The fourth-order valence-corrected chi connectivity index (χ4v) is 8.66. The Hall–Kier alpha value is -2.55. The molecule has 400 valence electrons. The molecule has 2 atom stereocenters. The van der Waals surface area contributed by atoms with Crippen LogP contribution in [0.4, 0.5) is 0 Å². The summed E-state index contributed by atoms with van der Waals surface area (Å²) < 4.78 is 33.0. The van der Waals surface area contributed by atoms with E-state index in [1.54, 1.807) is 0 Å². The summed E-state index contributed by atoms with van der Waals surface area (Å²) in [6.45, 7) is 3.60. The predicted molar refractivity (Wildman–Crippen MR) is 293 cm³/mol. The number of esters is 2. The number of allylic oxidation sites excluding steroid dienone is 12. The van der Waals surface area contributed by atoms with Crippen molar-refractivity contribution in [2.75, 3.05) is 26.4 Å². The first kappa shape index (κ1) is 66.5. The molecule has 0 aromatic rings. The molecule has 69 heavy (non-hydrogen) atoms. The minimum Gasteiger partial charge on any atom is -0.462 e. The summed E-state index contributed by atoms with van der Waals surface area (Å²) in [5, 5.41) is 0. The van der Waals surface area contributed by atoms with E-state index in [-0.39, 0.29) is 32.6 Å². The highest BCUT2D eigenvalue weighted by molar-refractivity contribution is 7.47. The molecule has 0 aliphatic heterocycles. The van der Waals surface area contributed by atoms with E-state index in [0.29, 0.717) is 12.8 Å². The Morgan fingerprint density at radius 3 is 1.19 bits per heavy atom. The highest BCUT2D eigenvalue weighted by Gasteiger charge is 2.26. The van der Waals surface area contributed by atoms with Gasteiger partial charge in [-0.15, -0.1) is 0 Å².